The third-order valence-electron chi connectivity index (χ3n) is 4.13. The fourth-order valence-electron chi connectivity index (χ4n) is 2.91. The molecule has 1 N–H and O–H groups in total. The van der Waals surface area contributed by atoms with Crippen LogP contribution in [0.3, 0.4) is 0 Å². The molecule has 0 saturated carbocycles. The fraction of sp³-hybridized carbons (Fsp3) is 0.263. The van der Waals surface area contributed by atoms with Crippen LogP contribution in [0, 0.1) is 0 Å². The molecule has 0 radical (unpaired) electrons. The summed E-state index contributed by atoms with van der Waals surface area (Å²) in [6.45, 7) is 0.663. The van der Waals surface area contributed by atoms with E-state index < -0.39 is 12.1 Å². The first-order valence-corrected chi connectivity index (χ1v) is 9.03. The van der Waals surface area contributed by atoms with Gasteiger partial charge in [-0.05, 0) is 36.6 Å². The Morgan fingerprint density at radius 3 is 2.50 bits per heavy atom. The highest BCUT2D eigenvalue weighted by atomic mass is 35.5. The Labute approximate surface area is 161 Å². The molecular formula is C19H18Cl2N2O3. The van der Waals surface area contributed by atoms with Crippen LogP contribution in [0.25, 0.3) is 0 Å². The smallest absolute Gasteiger partial charge is 0.410 e. The normalized spacial score (nSPS) is 16.4. The average Bonchev–Trinajstić information content (AvgIpc) is 3.09. The summed E-state index contributed by atoms with van der Waals surface area (Å²) in [5, 5.41) is 3.62. The minimum atomic E-state index is -0.573. The molecule has 136 valence electrons. The number of anilines is 1. The first-order chi connectivity index (χ1) is 12.5. The van der Waals surface area contributed by atoms with Crippen LogP contribution >= 0.6 is 23.2 Å². The Balaban J connectivity index is 1.61. The van der Waals surface area contributed by atoms with E-state index in [0.717, 1.165) is 12.0 Å². The van der Waals surface area contributed by atoms with Gasteiger partial charge >= 0.3 is 6.09 Å². The Bertz CT molecular complexity index is 778. The monoisotopic (exact) mass is 392 g/mol. The van der Waals surface area contributed by atoms with Crippen molar-refractivity contribution in [1.82, 2.24) is 4.90 Å². The zero-order valence-corrected chi connectivity index (χ0v) is 15.5. The van der Waals surface area contributed by atoms with E-state index in [2.05, 4.69) is 5.32 Å². The Morgan fingerprint density at radius 1 is 1.12 bits per heavy atom. The molecule has 3 rings (SSSR count). The first-order valence-electron chi connectivity index (χ1n) is 8.27. The minimum absolute atomic E-state index is 0.175. The molecule has 2 amide bonds. The second-order valence-corrected chi connectivity index (χ2v) is 6.91. The maximum Gasteiger partial charge on any atom is 0.410 e. The van der Waals surface area contributed by atoms with E-state index in [0.29, 0.717) is 28.7 Å². The lowest BCUT2D eigenvalue weighted by Crippen LogP contribution is -2.43. The number of hydrogen-bond acceptors (Lipinski definition) is 3. The molecule has 1 saturated heterocycles. The number of rotatable bonds is 4. The van der Waals surface area contributed by atoms with Crippen molar-refractivity contribution in [3.8, 4) is 0 Å². The van der Waals surface area contributed by atoms with Crippen molar-refractivity contribution in [3.63, 3.8) is 0 Å². The van der Waals surface area contributed by atoms with Gasteiger partial charge in [0.2, 0.25) is 5.91 Å². The van der Waals surface area contributed by atoms with Crippen molar-refractivity contribution in [3.05, 3.63) is 64.1 Å². The lowest BCUT2D eigenvalue weighted by molar-refractivity contribution is -0.120. The third-order valence-corrected chi connectivity index (χ3v) is 4.56. The molecule has 5 nitrogen and oxygen atoms in total. The number of nitrogens with zero attached hydrogens (tertiary/aromatic N) is 1. The number of likely N-dealkylation sites (tertiary alicyclic amines) is 1. The van der Waals surface area contributed by atoms with Gasteiger partial charge in [0.15, 0.2) is 0 Å². The highest BCUT2D eigenvalue weighted by Crippen LogP contribution is 2.25. The van der Waals surface area contributed by atoms with E-state index in [1.807, 2.05) is 30.3 Å². The lowest BCUT2D eigenvalue weighted by atomic mass is 10.2. The highest BCUT2D eigenvalue weighted by Gasteiger charge is 2.35. The van der Waals surface area contributed by atoms with E-state index in [9.17, 15) is 9.59 Å². The van der Waals surface area contributed by atoms with Crippen LogP contribution in [0.15, 0.2) is 48.5 Å². The van der Waals surface area contributed by atoms with Gasteiger partial charge in [-0.25, -0.2) is 4.79 Å². The Morgan fingerprint density at radius 2 is 1.81 bits per heavy atom. The number of carbonyl (C=O) groups is 2. The molecule has 0 aliphatic carbocycles. The molecule has 1 aliphatic rings. The van der Waals surface area contributed by atoms with Gasteiger partial charge in [0.25, 0.3) is 0 Å². The van der Waals surface area contributed by atoms with E-state index in [-0.39, 0.29) is 12.5 Å². The van der Waals surface area contributed by atoms with Crippen LogP contribution < -0.4 is 5.32 Å². The van der Waals surface area contributed by atoms with Gasteiger partial charge in [-0.3, -0.25) is 9.69 Å². The van der Waals surface area contributed by atoms with Crippen LogP contribution in [-0.4, -0.2) is 29.5 Å². The molecule has 7 heteroatoms. The second-order valence-electron chi connectivity index (χ2n) is 6.04. The van der Waals surface area contributed by atoms with Gasteiger partial charge in [0.05, 0.1) is 0 Å². The SMILES string of the molecule is O=C(Nc1cc(Cl)cc(Cl)c1)C1CCCN1C(=O)OCc1ccccc1. The van der Waals surface area contributed by atoms with E-state index in [1.165, 1.54) is 4.90 Å². The summed E-state index contributed by atoms with van der Waals surface area (Å²) < 4.78 is 5.35. The summed E-state index contributed by atoms with van der Waals surface area (Å²) in [6, 6.07) is 13.6. The number of halogens is 2. The van der Waals surface area contributed by atoms with Crippen molar-refractivity contribution in [2.45, 2.75) is 25.5 Å². The first kappa shape index (κ1) is 18.5. The summed E-state index contributed by atoms with van der Waals surface area (Å²) in [5.41, 5.74) is 1.40. The van der Waals surface area contributed by atoms with Crippen molar-refractivity contribution in [2.75, 3.05) is 11.9 Å². The number of nitrogens with one attached hydrogen (secondary N) is 1. The molecular weight excluding hydrogens is 375 g/mol. The molecule has 0 aromatic heterocycles. The van der Waals surface area contributed by atoms with Crippen molar-refractivity contribution in [2.24, 2.45) is 0 Å². The van der Waals surface area contributed by atoms with Crippen LogP contribution in [0.1, 0.15) is 18.4 Å². The fourth-order valence-corrected chi connectivity index (χ4v) is 3.44. The van der Waals surface area contributed by atoms with Crippen molar-refractivity contribution >= 4 is 40.9 Å². The van der Waals surface area contributed by atoms with Crippen molar-refractivity contribution in [1.29, 1.82) is 0 Å². The third kappa shape index (κ3) is 4.68. The average molecular weight is 393 g/mol. The maximum absolute atomic E-state index is 12.6. The summed E-state index contributed by atoms with van der Waals surface area (Å²) in [5.74, 6) is -0.280. The van der Waals surface area contributed by atoms with E-state index in [4.69, 9.17) is 27.9 Å². The van der Waals surface area contributed by atoms with Gasteiger partial charge in [-0.15, -0.1) is 0 Å². The molecule has 1 heterocycles. The van der Waals surface area contributed by atoms with Gasteiger partial charge in [-0.2, -0.15) is 0 Å². The van der Waals surface area contributed by atoms with Crippen molar-refractivity contribution < 1.29 is 14.3 Å². The predicted molar refractivity (Wildman–Crippen MR) is 101 cm³/mol. The van der Waals surface area contributed by atoms with Crippen LogP contribution in [0.5, 0.6) is 0 Å². The zero-order chi connectivity index (χ0) is 18.5. The van der Waals surface area contributed by atoms with Crippen LogP contribution in [0.2, 0.25) is 10.0 Å². The lowest BCUT2D eigenvalue weighted by Gasteiger charge is -2.23. The summed E-state index contributed by atoms with van der Waals surface area (Å²) in [7, 11) is 0. The molecule has 1 unspecified atom stereocenters. The maximum atomic E-state index is 12.6. The minimum Gasteiger partial charge on any atom is -0.445 e. The van der Waals surface area contributed by atoms with E-state index in [1.54, 1.807) is 18.2 Å². The number of benzene rings is 2. The zero-order valence-electron chi connectivity index (χ0n) is 14.0. The number of ether oxygens (including phenoxy) is 1. The summed E-state index contributed by atoms with van der Waals surface area (Å²) >= 11 is 11.9. The predicted octanol–water partition coefficient (Wildman–Crippen LogP) is 4.73. The Kier molecular flexibility index (Phi) is 6.01. The molecule has 1 aliphatic heterocycles. The molecule has 2 aromatic rings. The standard InChI is InChI=1S/C19H18Cl2N2O3/c20-14-9-15(21)11-16(10-14)22-18(24)17-7-4-8-23(17)19(25)26-12-13-5-2-1-3-6-13/h1-3,5-6,9-11,17H,4,7-8,12H2,(H,22,24). The molecule has 0 bridgehead atoms. The van der Waals surface area contributed by atoms with Gasteiger partial charge in [0.1, 0.15) is 12.6 Å². The number of carbonyl (C=O) groups excluding carboxylic acids is 2. The largest absolute Gasteiger partial charge is 0.445 e. The number of hydrogen-bond donors (Lipinski definition) is 1. The Hall–Kier alpha value is -2.24. The molecule has 0 spiro atoms. The quantitative estimate of drug-likeness (QED) is 0.817. The number of amides is 2. The van der Waals surface area contributed by atoms with Gasteiger partial charge < -0.3 is 10.1 Å². The molecule has 1 atom stereocenters. The molecule has 26 heavy (non-hydrogen) atoms. The topological polar surface area (TPSA) is 58.6 Å². The highest BCUT2D eigenvalue weighted by molar-refractivity contribution is 6.35. The van der Waals surface area contributed by atoms with Crippen LogP contribution in [0.4, 0.5) is 10.5 Å². The van der Waals surface area contributed by atoms with E-state index >= 15 is 0 Å². The second kappa shape index (κ2) is 8.43. The molecule has 1 fully saturated rings. The summed E-state index contributed by atoms with van der Waals surface area (Å²) in [6.07, 6.45) is 0.839. The van der Waals surface area contributed by atoms with Crippen LogP contribution in [-0.2, 0) is 16.1 Å². The summed E-state index contributed by atoms with van der Waals surface area (Å²) in [4.78, 5) is 26.4. The molecule has 2 aromatic carbocycles. The van der Waals surface area contributed by atoms with Gasteiger partial charge in [-0.1, -0.05) is 53.5 Å². The van der Waals surface area contributed by atoms with Gasteiger partial charge in [0, 0.05) is 22.3 Å².